The fraction of sp³-hybridized carbons (Fsp3) is 0.556. The minimum atomic E-state index is 0.273. The molecule has 1 saturated carbocycles. The van der Waals surface area contributed by atoms with Crippen LogP contribution in [0.1, 0.15) is 30.3 Å². The lowest BCUT2D eigenvalue weighted by atomic mass is 10.2. The molecule has 1 aromatic rings. The van der Waals surface area contributed by atoms with Crippen LogP contribution in [0.25, 0.3) is 0 Å². The Bertz CT molecular complexity index is 299. The van der Waals surface area contributed by atoms with E-state index in [1.165, 1.54) is 0 Å². The van der Waals surface area contributed by atoms with Crippen LogP contribution in [-0.4, -0.2) is 15.6 Å². The van der Waals surface area contributed by atoms with Crippen molar-refractivity contribution in [3.8, 4) is 0 Å². The molecule has 64 valence electrons. The molecule has 0 aromatic carbocycles. The number of hydrogen-bond donors (Lipinski definition) is 0. The molecule has 0 amide bonds. The molecule has 12 heavy (non-hydrogen) atoms. The van der Waals surface area contributed by atoms with Gasteiger partial charge in [0.15, 0.2) is 5.78 Å². The minimum absolute atomic E-state index is 0.273. The fourth-order valence-corrected chi connectivity index (χ4v) is 1.35. The van der Waals surface area contributed by atoms with E-state index in [1.54, 1.807) is 10.9 Å². The second-order valence-corrected chi connectivity index (χ2v) is 3.17. The summed E-state index contributed by atoms with van der Waals surface area (Å²) in [6, 6.07) is 1.81. The lowest BCUT2D eigenvalue weighted by Gasteiger charge is -2.01. The molecule has 0 atom stereocenters. The van der Waals surface area contributed by atoms with E-state index in [-0.39, 0.29) is 5.78 Å². The molecule has 1 aliphatic carbocycles. The van der Waals surface area contributed by atoms with Crippen molar-refractivity contribution in [1.29, 1.82) is 0 Å². The average molecular weight is 164 g/mol. The minimum Gasteiger partial charge on any atom is -0.292 e. The Morgan fingerprint density at radius 3 is 3.08 bits per heavy atom. The molecule has 1 aliphatic rings. The first-order valence-electron chi connectivity index (χ1n) is 4.39. The summed E-state index contributed by atoms with van der Waals surface area (Å²) in [7, 11) is 0. The Kier molecular flexibility index (Phi) is 1.71. The van der Waals surface area contributed by atoms with Gasteiger partial charge in [-0.3, -0.25) is 9.48 Å². The smallest absolute Gasteiger partial charge is 0.183 e. The summed E-state index contributed by atoms with van der Waals surface area (Å²) in [4.78, 5) is 11.6. The van der Waals surface area contributed by atoms with Gasteiger partial charge < -0.3 is 0 Å². The van der Waals surface area contributed by atoms with E-state index in [9.17, 15) is 4.79 Å². The largest absolute Gasteiger partial charge is 0.292 e. The summed E-state index contributed by atoms with van der Waals surface area (Å²) in [5.74, 6) is 0.571. The van der Waals surface area contributed by atoms with E-state index in [2.05, 4.69) is 5.10 Å². The molecule has 1 fully saturated rings. The summed E-state index contributed by atoms with van der Waals surface area (Å²) in [6.45, 7) is 2.78. The predicted octanol–water partition coefficient (Wildman–Crippen LogP) is 1.50. The van der Waals surface area contributed by atoms with Crippen molar-refractivity contribution in [2.24, 2.45) is 5.92 Å². The van der Waals surface area contributed by atoms with Gasteiger partial charge in [-0.15, -0.1) is 0 Å². The zero-order valence-corrected chi connectivity index (χ0v) is 7.16. The van der Waals surface area contributed by atoms with Gasteiger partial charge in [-0.05, 0) is 25.8 Å². The van der Waals surface area contributed by atoms with Crippen molar-refractivity contribution in [2.45, 2.75) is 26.3 Å². The number of carbonyl (C=O) groups excluding carboxylic acids is 1. The summed E-state index contributed by atoms with van der Waals surface area (Å²) in [5.41, 5.74) is 0.778. The molecule has 0 spiro atoms. The average Bonchev–Trinajstić information content (AvgIpc) is 2.82. The molecular formula is C9H12N2O. The van der Waals surface area contributed by atoms with Crippen molar-refractivity contribution in [2.75, 3.05) is 0 Å². The quantitative estimate of drug-likeness (QED) is 0.634. The Morgan fingerprint density at radius 1 is 1.75 bits per heavy atom. The molecule has 1 heterocycles. The Hall–Kier alpha value is -1.12. The summed E-state index contributed by atoms with van der Waals surface area (Å²) < 4.78 is 1.76. The zero-order valence-electron chi connectivity index (χ0n) is 7.16. The first-order valence-corrected chi connectivity index (χ1v) is 4.39. The van der Waals surface area contributed by atoms with Crippen LogP contribution in [0.3, 0.4) is 0 Å². The number of hydrogen-bond acceptors (Lipinski definition) is 2. The third kappa shape index (κ3) is 1.15. The maximum Gasteiger partial charge on any atom is 0.183 e. The van der Waals surface area contributed by atoms with Gasteiger partial charge in [0, 0.05) is 18.7 Å². The van der Waals surface area contributed by atoms with E-state index in [4.69, 9.17) is 0 Å². The van der Waals surface area contributed by atoms with E-state index < -0.39 is 0 Å². The summed E-state index contributed by atoms with van der Waals surface area (Å²) in [5, 5.41) is 4.06. The number of nitrogens with zero attached hydrogens (tertiary/aromatic N) is 2. The monoisotopic (exact) mass is 164 g/mol. The number of Topliss-reactive ketones (excluding diaryl/α,β-unsaturated/α-hetero) is 1. The van der Waals surface area contributed by atoms with Crippen LogP contribution < -0.4 is 0 Å². The first kappa shape index (κ1) is 7.53. The van der Waals surface area contributed by atoms with Crippen molar-refractivity contribution >= 4 is 5.78 Å². The van der Waals surface area contributed by atoms with Crippen molar-refractivity contribution < 1.29 is 4.79 Å². The second kappa shape index (κ2) is 2.73. The third-order valence-electron chi connectivity index (χ3n) is 2.22. The van der Waals surface area contributed by atoms with Crippen molar-refractivity contribution in [3.05, 3.63) is 18.0 Å². The zero-order chi connectivity index (χ0) is 8.55. The summed E-state index contributed by atoms with van der Waals surface area (Å²) >= 11 is 0. The van der Waals surface area contributed by atoms with E-state index in [0.29, 0.717) is 5.92 Å². The molecule has 0 radical (unpaired) electrons. The number of aryl methyl sites for hydroxylation is 1. The molecular weight excluding hydrogens is 152 g/mol. The van der Waals surface area contributed by atoms with Gasteiger partial charge in [-0.2, -0.15) is 5.10 Å². The molecule has 0 unspecified atom stereocenters. The van der Waals surface area contributed by atoms with Gasteiger partial charge in [0.05, 0.1) is 0 Å². The highest BCUT2D eigenvalue weighted by Crippen LogP contribution is 2.32. The van der Waals surface area contributed by atoms with Crippen molar-refractivity contribution in [3.63, 3.8) is 0 Å². The molecule has 0 N–H and O–H groups in total. The van der Waals surface area contributed by atoms with E-state index in [1.807, 2.05) is 13.0 Å². The van der Waals surface area contributed by atoms with E-state index >= 15 is 0 Å². The maximum absolute atomic E-state index is 11.6. The van der Waals surface area contributed by atoms with Gasteiger partial charge in [-0.1, -0.05) is 0 Å². The topological polar surface area (TPSA) is 34.9 Å². The lowest BCUT2D eigenvalue weighted by Crippen LogP contribution is -2.10. The summed E-state index contributed by atoms with van der Waals surface area (Å²) in [6.07, 6.45) is 3.82. The number of aromatic nitrogens is 2. The predicted molar refractivity (Wildman–Crippen MR) is 45.0 cm³/mol. The Morgan fingerprint density at radius 2 is 2.50 bits per heavy atom. The third-order valence-corrected chi connectivity index (χ3v) is 2.22. The highest BCUT2D eigenvalue weighted by atomic mass is 16.1. The van der Waals surface area contributed by atoms with Crippen LogP contribution in [0.4, 0.5) is 0 Å². The first-order chi connectivity index (χ1) is 5.83. The van der Waals surface area contributed by atoms with Gasteiger partial charge in [0.25, 0.3) is 0 Å². The van der Waals surface area contributed by atoms with Crippen LogP contribution in [0.2, 0.25) is 0 Å². The van der Waals surface area contributed by atoms with Crippen molar-refractivity contribution in [1.82, 2.24) is 9.78 Å². The van der Waals surface area contributed by atoms with Gasteiger partial charge in [0.2, 0.25) is 0 Å². The molecule has 3 heteroatoms. The molecule has 0 bridgehead atoms. The van der Waals surface area contributed by atoms with Gasteiger partial charge in [-0.25, -0.2) is 0 Å². The highest BCUT2D eigenvalue weighted by molar-refractivity contribution is 5.97. The van der Waals surface area contributed by atoms with Gasteiger partial charge in [0.1, 0.15) is 5.69 Å². The second-order valence-electron chi connectivity index (χ2n) is 3.17. The molecule has 0 saturated heterocycles. The standard InChI is InChI=1S/C9H12N2O/c1-2-11-8(5-6-10-11)9(12)7-3-4-7/h5-7H,2-4H2,1H3. The van der Waals surface area contributed by atoms with Crippen LogP contribution in [0.5, 0.6) is 0 Å². The van der Waals surface area contributed by atoms with Crippen LogP contribution in [-0.2, 0) is 6.54 Å². The molecule has 1 aromatic heterocycles. The SMILES string of the molecule is CCn1nccc1C(=O)C1CC1. The van der Waals surface area contributed by atoms with Crippen LogP contribution >= 0.6 is 0 Å². The maximum atomic E-state index is 11.6. The molecule has 3 nitrogen and oxygen atoms in total. The molecule has 0 aliphatic heterocycles. The normalized spacial score (nSPS) is 16.4. The van der Waals surface area contributed by atoms with Crippen LogP contribution in [0, 0.1) is 5.92 Å². The fourth-order valence-electron chi connectivity index (χ4n) is 1.35. The lowest BCUT2D eigenvalue weighted by molar-refractivity contribution is 0.0957. The van der Waals surface area contributed by atoms with E-state index in [0.717, 1.165) is 25.1 Å². The van der Waals surface area contributed by atoms with Crippen LogP contribution in [0.15, 0.2) is 12.3 Å². The molecule has 2 rings (SSSR count). The highest BCUT2D eigenvalue weighted by Gasteiger charge is 2.31. The Balaban J connectivity index is 2.25. The number of rotatable bonds is 3. The Labute approximate surface area is 71.4 Å². The number of carbonyl (C=O) groups is 1. The van der Waals surface area contributed by atoms with Gasteiger partial charge >= 0.3 is 0 Å². The number of ketones is 1.